The van der Waals surface area contributed by atoms with Gasteiger partial charge in [0, 0.05) is 25.1 Å². The van der Waals surface area contributed by atoms with E-state index in [1.165, 1.54) is 11.7 Å². The Morgan fingerprint density at radius 3 is 2.36 bits per heavy atom. The van der Waals surface area contributed by atoms with Crippen molar-refractivity contribution in [2.45, 2.75) is 46.3 Å². The molecule has 0 bridgehead atoms. The van der Waals surface area contributed by atoms with Crippen LogP contribution in [0.25, 0.3) is 33.7 Å². The van der Waals surface area contributed by atoms with Gasteiger partial charge in [-0.2, -0.15) is 5.21 Å². The molecule has 12 nitrogen and oxygen atoms in total. The third-order valence-corrected chi connectivity index (χ3v) is 6.62. The Labute approximate surface area is 222 Å². The van der Waals surface area contributed by atoms with Gasteiger partial charge in [-0.25, -0.2) is 9.78 Å². The number of H-pyrrole nitrogens is 1. The molecule has 12 heteroatoms. The second-order valence-corrected chi connectivity index (χ2v) is 9.01. The van der Waals surface area contributed by atoms with Crippen molar-refractivity contribution in [1.29, 1.82) is 0 Å². The Bertz CT molecular complexity index is 1750. The van der Waals surface area contributed by atoms with Crippen LogP contribution in [0.5, 0.6) is 0 Å². The molecule has 0 aliphatic carbocycles. The molecular weight excluding hydrogens is 500 g/mol. The fraction of sp³-hybridized carbons (Fsp3) is 0.296. The molecule has 0 fully saturated rings. The number of aromatic nitrogens is 8. The fourth-order valence-corrected chi connectivity index (χ4v) is 4.71. The number of hydrogen-bond donors (Lipinski definition) is 1. The normalized spacial score (nSPS) is 11.3. The number of imidazole rings is 1. The predicted molar refractivity (Wildman–Crippen MR) is 144 cm³/mol. The van der Waals surface area contributed by atoms with E-state index in [2.05, 4.69) is 25.6 Å². The molecule has 0 aliphatic heterocycles. The van der Waals surface area contributed by atoms with Crippen LogP contribution in [0.15, 0.2) is 58.1 Å². The second kappa shape index (κ2) is 10.9. The molecule has 0 saturated heterocycles. The molecule has 0 unspecified atom stereocenters. The van der Waals surface area contributed by atoms with Gasteiger partial charge in [-0.05, 0) is 35.2 Å². The molecule has 3 heterocycles. The van der Waals surface area contributed by atoms with Gasteiger partial charge in [0.1, 0.15) is 12.4 Å². The highest BCUT2D eigenvalue weighted by Crippen LogP contribution is 2.30. The first-order chi connectivity index (χ1) is 19.0. The maximum Gasteiger partial charge on any atom is 0.333 e. The molecule has 0 radical (unpaired) electrons. The lowest BCUT2D eigenvalue weighted by molar-refractivity contribution is -0.141. The Hall–Kier alpha value is -4.87. The van der Waals surface area contributed by atoms with Crippen molar-refractivity contribution in [3.63, 3.8) is 0 Å². The second-order valence-electron chi connectivity index (χ2n) is 9.01. The maximum absolute atomic E-state index is 13.5. The number of aryl methyl sites for hydroxylation is 1. The average Bonchev–Trinajstić information content (AvgIpc) is 3.61. The van der Waals surface area contributed by atoms with E-state index in [9.17, 15) is 14.4 Å². The number of hydrogen-bond acceptors (Lipinski definition) is 8. The van der Waals surface area contributed by atoms with E-state index in [0.717, 1.165) is 33.2 Å². The molecule has 39 heavy (non-hydrogen) atoms. The molecular formula is C27H28N8O4. The van der Waals surface area contributed by atoms with Gasteiger partial charge in [0.25, 0.3) is 5.56 Å². The summed E-state index contributed by atoms with van der Waals surface area (Å²) >= 11 is 0. The zero-order chi connectivity index (χ0) is 27.5. The maximum atomic E-state index is 13.5. The van der Waals surface area contributed by atoms with Gasteiger partial charge in [0.05, 0.1) is 7.11 Å². The van der Waals surface area contributed by atoms with E-state index < -0.39 is 17.2 Å². The zero-order valence-electron chi connectivity index (χ0n) is 21.9. The van der Waals surface area contributed by atoms with Gasteiger partial charge in [-0.3, -0.25) is 18.7 Å². The Morgan fingerprint density at radius 1 is 0.974 bits per heavy atom. The van der Waals surface area contributed by atoms with Crippen LogP contribution in [0.3, 0.4) is 0 Å². The largest absolute Gasteiger partial charge is 0.468 e. The van der Waals surface area contributed by atoms with Gasteiger partial charge in [0.15, 0.2) is 11.2 Å². The third kappa shape index (κ3) is 4.76. The molecule has 0 spiro atoms. The molecule has 5 rings (SSSR count). The Balaban J connectivity index is 1.59. The molecule has 0 atom stereocenters. The van der Waals surface area contributed by atoms with Crippen LogP contribution >= 0.6 is 0 Å². The molecule has 0 amide bonds. The first-order valence-electron chi connectivity index (χ1n) is 12.7. The van der Waals surface area contributed by atoms with E-state index in [0.29, 0.717) is 24.6 Å². The van der Waals surface area contributed by atoms with Crippen LogP contribution < -0.4 is 11.2 Å². The Kier molecular flexibility index (Phi) is 7.17. The summed E-state index contributed by atoms with van der Waals surface area (Å²) in [5.41, 5.74) is 3.20. The number of methoxy groups -OCH3 is 1. The summed E-state index contributed by atoms with van der Waals surface area (Å²) in [7, 11) is 1.26. The number of ether oxygens (including phenoxy) is 1. The van der Waals surface area contributed by atoms with Crippen LogP contribution in [0, 0.1) is 0 Å². The summed E-state index contributed by atoms with van der Waals surface area (Å²) in [6.45, 7) is 3.94. The molecule has 200 valence electrons. The number of fused-ring (bicyclic) bond motifs is 1. The van der Waals surface area contributed by atoms with E-state index in [-0.39, 0.29) is 24.3 Å². The van der Waals surface area contributed by atoms with Crippen LogP contribution in [0.4, 0.5) is 0 Å². The first kappa shape index (κ1) is 25.8. The van der Waals surface area contributed by atoms with Crippen molar-refractivity contribution in [2.24, 2.45) is 0 Å². The Morgan fingerprint density at radius 2 is 1.72 bits per heavy atom. The zero-order valence-corrected chi connectivity index (χ0v) is 21.9. The fourth-order valence-electron chi connectivity index (χ4n) is 4.71. The summed E-state index contributed by atoms with van der Waals surface area (Å²) in [6, 6.07) is 15.8. The van der Waals surface area contributed by atoms with E-state index in [1.54, 1.807) is 6.92 Å². The van der Waals surface area contributed by atoms with Gasteiger partial charge >= 0.3 is 11.7 Å². The van der Waals surface area contributed by atoms with Crippen LogP contribution in [0.2, 0.25) is 0 Å². The van der Waals surface area contributed by atoms with Crippen LogP contribution in [-0.4, -0.2) is 52.4 Å². The topological polar surface area (TPSA) is 143 Å². The average molecular weight is 529 g/mol. The molecule has 2 aromatic carbocycles. The lowest BCUT2D eigenvalue weighted by Crippen LogP contribution is -2.41. The quantitative estimate of drug-likeness (QED) is 0.287. The summed E-state index contributed by atoms with van der Waals surface area (Å²) in [5.74, 6) is 0.583. The predicted octanol–water partition coefficient (Wildman–Crippen LogP) is 2.40. The highest BCUT2D eigenvalue weighted by Gasteiger charge is 2.22. The first-order valence-corrected chi connectivity index (χ1v) is 12.7. The summed E-state index contributed by atoms with van der Waals surface area (Å²) in [6.07, 6.45) is 1.39. The van der Waals surface area contributed by atoms with Gasteiger partial charge in [-0.15, -0.1) is 10.2 Å². The molecule has 0 aliphatic rings. The number of benzene rings is 2. The minimum Gasteiger partial charge on any atom is -0.468 e. The number of tetrazole rings is 1. The molecule has 1 N–H and O–H groups in total. The highest BCUT2D eigenvalue weighted by molar-refractivity contribution is 5.80. The van der Waals surface area contributed by atoms with Gasteiger partial charge in [-0.1, -0.05) is 55.5 Å². The minimum atomic E-state index is -0.594. The van der Waals surface area contributed by atoms with Crippen molar-refractivity contribution in [2.75, 3.05) is 7.11 Å². The molecule has 0 saturated carbocycles. The van der Waals surface area contributed by atoms with Crippen molar-refractivity contribution in [1.82, 2.24) is 39.3 Å². The summed E-state index contributed by atoms with van der Waals surface area (Å²) < 4.78 is 8.98. The minimum absolute atomic E-state index is 0.164. The SMILES string of the molecule is CCCc1nc2c(c(=O)n(CC)c(=O)n2CC(=O)OC)n1Cc1ccc(-c2ccccc2-c2nn[nH]n2)cc1. The highest BCUT2D eigenvalue weighted by atomic mass is 16.5. The third-order valence-electron chi connectivity index (χ3n) is 6.62. The van der Waals surface area contributed by atoms with Crippen molar-refractivity contribution >= 4 is 17.1 Å². The van der Waals surface area contributed by atoms with Crippen molar-refractivity contribution in [3.8, 4) is 22.5 Å². The van der Waals surface area contributed by atoms with Gasteiger partial charge in [0.2, 0.25) is 5.82 Å². The summed E-state index contributed by atoms with van der Waals surface area (Å²) in [4.78, 5) is 43.3. The lowest BCUT2D eigenvalue weighted by atomic mass is 9.98. The van der Waals surface area contributed by atoms with Crippen LogP contribution in [-0.2, 0) is 35.6 Å². The lowest BCUT2D eigenvalue weighted by Gasteiger charge is -2.12. The number of nitrogens with zero attached hydrogens (tertiary/aromatic N) is 7. The molecule has 5 aromatic rings. The van der Waals surface area contributed by atoms with Crippen LogP contribution in [0.1, 0.15) is 31.7 Å². The standard InChI is InChI=1S/C27H28N8O4/c1-4-8-21-28-25-23(26(37)33(5-2)27(38)35(25)16-22(36)39-3)34(21)15-17-11-13-18(14-12-17)19-9-6-7-10-20(19)24-29-31-32-30-24/h6-7,9-14H,4-5,8,15-16H2,1-3H3,(H,29,30,31,32). The molecule has 3 aromatic heterocycles. The number of carbonyl (C=O) groups excluding carboxylic acids is 1. The number of aromatic amines is 1. The van der Waals surface area contributed by atoms with E-state index in [1.807, 2.05) is 60.0 Å². The number of carbonyl (C=O) groups is 1. The number of nitrogens with one attached hydrogen (secondary N) is 1. The van der Waals surface area contributed by atoms with E-state index in [4.69, 9.17) is 4.74 Å². The smallest absolute Gasteiger partial charge is 0.333 e. The number of rotatable bonds is 9. The number of esters is 1. The van der Waals surface area contributed by atoms with Crippen molar-refractivity contribution in [3.05, 3.63) is 80.8 Å². The summed E-state index contributed by atoms with van der Waals surface area (Å²) in [5, 5.41) is 14.4. The van der Waals surface area contributed by atoms with E-state index >= 15 is 0 Å². The van der Waals surface area contributed by atoms with Gasteiger partial charge < -0.3 is 9.30 Å². The monoisotopic (exact) mass is 528 g/mol. The van der Waals surface area contributed by atoms with Crippen molar-refractivity contribution < 1.29 is 9.53 Å².